The number of hydrogen-bond acceptors (Lipinski definition) is 7. The Hall–Kier alpha value is -2.74. The van der Waals surface area contributed by atoms with Crippen LogP contribution in [0.3, 0.4) is 0 Å². The summed E-state index contributed by atoms with van der Waals surface area (Å²) in [7, 11) is 0. The first-order valence-corrected chi connectivity index (χ1v) is 8.30. The molecular weight excluding hydrogens is 390 g/mol. The molecule has 0 saturated carbocycles. The quantitative estimate of drug-likeness (QED) is 0.580. The largest absolute Gasteiger partial charge is 0.477 e. The van der Waals surface area contributed by atoms with Gasteiger partial charge in [-0.05, 0) is 43.3 Å². The Morgan fingerprint density at radius 2 is 2.00 bits per heavy atom. The van der Waals surface area contributed by atoms with E-state index in [1.54, 1.807) is 18.3 Å². The van der Waals surface area contributed by atoms with Crippen LogP contribution in [-0.4, -0.2) is 27.8 Å². The van der Waals surface area contributed by atoms with Gasteiger partial charge in [0, 0.05) is 16.2 Å². The number of nitrogens with zero attached hydrogens (tertiary/aromatic N) is 3. The van der Waals surface area contributed by atoms with Crippen molar-refractivity contribution in [3.63, 3.8) is 0 Å². The number of halogens is 1. The fraction of sp³-hybridized carbons (Fsp3) is 0.176. The van der Waals surface area contributed by atoms with Crippen molar-refractivity contribution < 1.29 is 18.7 Å². The average molecular weight is 404 g/mol. The molecule has 1 aromatic carbocycles. The maximum Gasteiger partial charge on any atom is 0.344 e. The summed E-state index contributed by atoms with van der Waals surface area (Å²) in [6.45, 7) is 2.08. The zero-order chi connectivity index (χ0) is 17.6. The van der Waals surface area contributed by atoms with Crippen molar-refractivity contribution in [3.8, 4) is 17.3 Å². The van der Waals surface area contributed by atoms with Crippen LogP contribution in [0, 0.1) is 0 Å². The Morgan fingerprint density at radius 3 is 2.76 bits per heavy atom. The Labute approximate surface area is 152 Å². The van der Waals surface area contributed by atoms with E-state index in [0.717, 1.165) is 10.0 Å². The standard InChI is InChI=1S/C17H14BrN3O4/c1-2-23-16-13(4-3-9-19-16)17(22)24-10-14-20-21-15(25-14)11-5-7-12(18)8-6-11/h3-9H,2,10H2,1H3. The number of carbonyl (C=O) groups excluding carboxylic acids is 1. The average Bonchev–Trinajstić information content (AvgIpc) is 3.10. The fourth-order valence-electron chi connectivity index (χ4n) is 2.02. The highest BCUT2D eigenvalue weighted by Gasteiger charge is 2.17. The van der Waals surface area contributed by atoms with Gasteiger partial charge in [-0.1, -0.05) is 15.9 Å². The van der Waals surface area contributed by atoms with Gasteiger partial charge in [0.15, 0.2) is 6.61 Å². The molecular formula is C17H14BrN3O4. The molecule has 128 valence electrons. The molecule has 0 bridgehead atoms. The van der Waals surface area contributed by atoms with Gasteiger partial charge in [0.1, 0.15) is 5.56 Å². The van der Waals surface area contributed by atoms with Crippen molar-refractivity contribution in [3.05, 3.63) is 58.5 Å². The number of hydrogen-bond donors (Lipinski definition) is 0. The SMILES string of the molecule is CCOc1ncccc1C(=O)OCc1nnc(-c2ccc(Br)cc2)o1. The summed E-state index contributed by atoms with van der Waals surface area (Å²) < 4.78 is 17.0. The van der Waals surface area contributed by atoms with Crippen LogP contribution in [0.4, 0.5) is 0 Å². The molecule has 0 saturated heterocycles. The van der Waals surface area contributed by atoms with E-state index in [1.807, 2.05) is 31.2 Å². The summed E-state index contributed by atoms with van der Waals surface area (Å²) in [5, 5.41) is 7.84. The molecule has 0 aliphatic rings. The third-order valence-electron chi connectivity index (χ3n) is 3.16. The molecule has 2 heterocycles. The molecule has 0 N–H and O–H groups in total. The van der Waals surface area contributed by atoms with Crippen molar-refractivity contribution in [2.45, 2.75) is 13.5 Å². The molecule has 0 unspecified atom stereocenters. The van der Waals surface area contributed by atoms with Crippen LogP contribution in [0.2, 0.25) is 0 Å². The van der Waals surface area contributed by atoms with Gasteiger partial charge in [-0.2, -0.15) is 0 Å². The zero-order valence-corrected chi connectivity index (χ0v) is 14.9. The number of carbonyl (C=O) groups is 1. The van der Waals surface area contributed by atoms with E-state index in [2.05, 4.69) is 31.1 Å². The molecule has 0 atom stereocenters. The van der Waals surface area contributed by atoms with Gasteiger partial charge < -0.3 is 13.9 Å². The first-order valence-electron chi connectivity index (χ1n) is 7.50. The second-order valence-electron chi connectivity index (χ2n) is 4.87. The number of esters is 1. The van der Waals surface area contributed by atoms with E-state index in [4.69, 9.17) is 13.9 Å². The van der Waals surface area contributed by atoms with E-state index in [0.29, 0.717) is 12.5 Å². The van der Waals surface area contributed by atoms with Gasteiger partial charge in [0.2, 0.25) is 11.8 Å². The van der Waals surface area contributed by atoms with Gasteiger partial charge in [-0.3, -0.25) is 0 Å². The molecule has 7 nitrogen and oxygen atoms in total. The summed E-state index contributed by atoms with van der Waals surface area (Å²) in [5.41, 5.74) is 1.02. The van der Waals surface area contributed by atoms with E-state index < -0.39 is 5.97 Å². The number of pyridine rings is 1. The molecule has 0 aliphatic carbocycles. The maximum absolute atomic E-state index is 12.2. The Balaban J connectivity index is 1.66. The van der Waals surface area contributed by atoms with Gasteiger partial charge in [-0.25, -0.2) is 9.78 Å². The highest BCUT2D eigenvalue weighted by molar-refractivity contribution is 9.10. The van der Waals surface area contributed by atoms with Crippen molar-refractivity contribution in [1.82, 2.24) is 15.2 Å². The number of ether oxygens (including phenoxy) is 2. The molecule has 8 heteroatoms. The van der Waals surface area contributed by atoms with Crippen molar-refractivity contribution in [2.24, 2.45) is 0 Å². The van der Waals surface area contributed by atoms with Crippen LogP contribution in [0.1, 0.15) is 23.2 Å². The monoisotopic (exact) mass is 403 g/mol. The molecule has 0 spiro atoms. The Kier molecular flexibility index (Phi) is 5.39. The molecule has 3 aromatic rings. The van der Waals surface area contributed by atoms with Crippen LogP contribution in [0.25, 0.3) is 11.5 Å². The van der Waals surface area contributed by atoms with Gasteiger partial charge in [0.05, 0.1) is 6.61 Å². The number of benzene rings is 1. The maximum atomic E-state index is 12.2. The topological polar surface area (TPSA) is 87.3 Å². The van der Waals surface area contributed by atoms with Crippen LogP contribution in [0.15, 0.2) is 51.5 Å². The Morgan fingerprint density at radius 1 is 1.20 bits per heavy atom. The second kappa shape index (κ2) is 7.89. The minimum Gasteiger partial charge on any atom is -0.477 e. The first kappa shape index (κ1) is 17.1. The van der Waals surface area contributed by atoms with E-state index in [-0.39, 0.29) is 23.9 Å². The van der Waals surface area contributed by atoms with Crippen LogP contribution in [-0.2, 0) is 11.3 Å². The van der Waals surface area contributed by atoms with E-state index >= 15 is 0 Å². The zero-order valence-electron chi connectivity index (χ0n) is 13.3. The second-order valence-corrected chi connectivity index (χ2v) is 5.79. The summed E-state index contributed by atoms with van der Waals surface area (Å²) in [6, 6.07) is 10.7. The highest BCUT2D eigenvalue weighted by Crippen LogP contribution is 2.21. The highest BCUT2D eigenvalue weighted by atomic mass is 79.9. The molecule has 0 radical (unpaired) electrons. The molecule has 0 amide bonds. The summed E-state index contributed by atoms with van der Waals surface area (Å²) in [6.07, 6.45) is 1.55. The minimum absolute atomic E-state index is 0.136. The Bertz CT molecular complexity index is 864. The third kappa shape index (κ3) is 4.21. The lowest BCUT2D eigenvalue weighted by Crippen LogP contribution is -2.09. The van der Waals surface area contributed by atoms with Gasteiger partial charge in [-0.15, -0.1) is 10.2 Å². The lowest BCUT2D eigenvalue weighted by molar-refractivity contribution is 0.0433. The van der Waals surface area contributed by atoms with Crippen molar-refractivity contribution in [1.29, 1.82) is 0 Å². The van der Waals surface area contributed by atoms with Crippen molar-refractivity contribution in [2.75, 3.05) is 6.61 Å². The van der Waals surface area contributed by atoms with Gasteiger partial charge >= 0.3 is 5.97 Å². The fourth-order valence-corrected chi connectivity index (χ4v) is 2.29. The lowest BCUT2D eigenvalue weighted by atomic mass is 10.2. The lowest BCUT2D eigenvalue weighted by Gasteiger charge is -2.07. The minimum atomic E-state index is -0.569. The summed E-state index contributed by atoms with van der Waals surface area (Å²) in [4.78, 5) is 16.2. The normalized spacial score (nSPS) is 10.5. The third-order valence-corrected chi connectivity index (χ3v) is 3.69. The first-order chi connectivity index (χ1) is 12.2. The summed E-state index contributed by atoms with van der Waals surface area (Å²) in [5.74, 6) is 0.221. The van der Waals surface area contributed by atoms with E-state index in [1.165, 1.54) is 0 Å². The molecule has 3 rings (SSSR count). The molecule has 0 fully saturated rings. The predicted molar refractivity (Wildman–Crippen MR) is 92.0 cm³/mol. The number of aromatic nitrogens is 3. The predicted octanol–water partition coefficient (Wildman–Crippen LogP) is 3.65. The van der Waals surface area contributed by atoms with Gasteiger partial charge in [0.25, 0.3) is 5.89 Å². The van der Waals surface area contributed by atoms with Crippen LogP contribution >= 0.6 is 15.9 Å². The van der Waals surface area contributed by atoms with E-state index in [9.17, 15) is 4.79 Å². The molecule has 2 aromatic heterocycles. The summed E-state index contributed by atoms with van der Waals surface area (Å²) >= 11 is 3.36. The van der Waals surface area contributed by atoms with Crippen LogP contribution < -0.4 is 4.74 Å². The van der Waals surface area contributed by atoms with Crippen LogP contribution in [0.5, 0.6) is 5.88 Å². The van der Waals surface area contributed by atoms with Crippen molar-refractivity contribution >= 4 is 21.9 Å². The smallest absolute Gasteiger partial charge is 0.344 e. The molecule has 25 heavy (non-hydrogen) atoms. The molecule has 0 aliphatic heterocycles. The number of rotatable bonds is 6.